The average molecular weight is 1520 g/mol. The largest absolute Gasteiger partial charge is 0.472 e. The van der Waals surface area contributed by atoms with E-state index in [2.05, 4.69) is 192 Å². The lowest BCUT2D eigenvalue weighted by Crippen LogP contribution is -2.30. The highest BCUT2D eigenvalue weighted by Gasteiger charge is 2.30. The second-order valence-electron chi connectivity index (χ2n) is 25.9. The number of carbonyl (C=O) groups excluding carboxylic acids is 4. The zero-order valence-corrected chi connectivity index (χ0v) is 67.3. The number of hydrogen-bond donors (Lipinski definition) is 3. The van der Waals surface area contributed by atoms with Gasteiger partial charge in [0.15, 0.2) is 12.2 Å². The van der Waals surface area contributed by atoms with Crippen LogP contribution in [-0.2, 0) is 65.4 Å². The Balaban J connectivity index is 5.46. The highest BCUT2D eigenvalue weighted by atomic mass is 31.2. The number of ether oxygens (including phenoxy) is 4. The molecule has 0 rings (SSSR count). The van der Waals surface area contributed by atoms with Crippen molar-refractivity contribution in [3.05, 3.63) is 182 Å². The van der Waals surface area contributed by atoms with Gasteiger partial charge in [0.1, 0.15) is 19.3 Å². The Bertz CT molecular complexity index is 2730. The fourth-order valence-corrected chi connectivity index (χ4v) is 11.5. The normalized spacial score (nSPS) is 14.8. The van der Waals surface area contributed by atoms with Crippen LogP contribution in [0.3, 0.4) is 0 Å². The first kappa shape index (κ1) is 100. The topological polar surface area (TPSA) is 237 Å². The van der Waals surface area contributed by atoms with Gasteiger partial charge in [-0.3, -0.25) is 37.3 Å². The van der Waals surface area contributed by atoms with Crippen molar-refractivity contribution in [2.24, 2.45) is 0 Å². The lowest BCUT2D eigenvalue weighted by Gasteiger charge is -2.21. The van der Waals surface area contributed by atoms with Crippen molar-refractivity contribution in [3.8, 4) is 0 Å². The number of aliphatic hydroxyl groups excluding tert-OH is 1. The molecule has 0 aromatic rings. The van der Waals surface area contributed by atoms with Crippen LogP contribution in [0.25, 0.3) is 0 Å². The molecule has 0 aliphatic heterocycles. The van der Waals surface area contributed by atoms with Crippen LogP contribution >= 0.6 is 15.6 Å². The van der Waals surface area contributed by atoms with Gasteiger partial charge in [0, 0.05) is 25.7 Å². The highest BCUT2D eigenvalue weighted by molar-refractivity contribution is 7.47. The average Bonchev–Trinajstić information content (AvgIpc) is 0.933. The summed E-state index contributed by atoms with van der Waals surface area (Å²) in [6.07, 6.45) is 93.1. The number of unbranched alkanes of at least 4 members (excludes halogenated alkanes) is 17. The molecule has 0 aliphatic rings. The molecule has 3 N–H and O–H groups in total. The summed E-state index contributed by atoms with van der Waals surface area (Å²) in [6, 6.07) is 0. The van der Waals surface area contributed by atoms with Crippen molar-refractivity contribution in [1.29, 1.82) is 0 Å². The first-order valence-electron chi connectivity index (χ1n) is 40.0. The first-order valence-corrected chi connectivity index (χ1v) is 43.0. The van der Waals surface area contributed by atoms with E-state index in [-0.39, 0.29) is 25.7 Å². The van der Waals surface area contributed by atoms with Crippen LogP contribution in [0.1, 0.15) is 285 Å². The lowest BCUT2D eigenvalue weighted by molar-refractivity contribution is -0.161. The van der Waals surface area contributed by atoms with Gasteiger partial charge in [0.25, 0.3) is 0 Å². The number of phosphoric acid groups is 2. The molecule has 0 radical (unpaired) electrons. The minimum atomic E-state index is -5.01. The molecule has 0 amide bonds. The minimum Gasteiger partial charge on any atom is -0.462 e. The van der Waals surface area contributed by atoms with Gasteiger partial charge in [-0.1, -0.05) is 281 Å². The van der Waals surface area contributed by atoms with Crippen molar-refractivity contribution in [3.63, 3.8) is 0 Å². The molecule has 0 aromatic heterocycles. The summed E-state index contributed by atoms with van der Waals surface area (Å²) in [5.74, 6) is -2.34. The molecular formula is C87H140O17P2. The Morgan fingerprint density at radius 2 is 0.509 bits per heavy atom. The molecule has 0 spiro atoms. The van der Waals surface area contributed by atoms with Crippen molar-refractivity contribution in [2.75, 3.05) is 39.6 Å². The minimum absolute atomic E-state index is 0.0254. The highest BCUT2D eigenvalue weighted by Crippen LogP contribution is 2.45. The molecule has 0 heterocycles. The van der Waals surface area contributed by atoms with E-state index in [0.717, 1.165) is 199 Å². The fourth-order valence-electron chi connectivity index (χ4n) is 9.88. The molecule has 0 aromatic carbocycles. The molecule has 19 heteroatoms. The Labute approximate surface area is 641 Å². The van der Waals surface area contributed by atoms with E-state index < -0.39 is 97.5 Å². The van der Waals surface area contributed by atoms with Gasteiger partial charge < -0.3 is 33.8 Å². The number of esters is 4. The number of phosphoric ester groups is 2. The van der Waals surface area contributed by atoms with Gasteiger partial charge >= 0.3 is 39.5 Å². The Morgan fingerprint density at radius 3 is 0.811 bits per heavy atom. The van der Waals surface area contributed by atoms with E-state index in [1.165, 1.54) is 0 Å². The molecule has 0 saturated heterocycles. The van der Waals surface area contributed by atoms with E-state index >= 15 is 0 Å². The van der Waals surface area contributed by atoms with Crippen LogP contribution in [0.4, 0.5) is 0 Å². The molecule has 0 saturated carbocycles. The Morgan fingerprint density at radius 1 is 0.274 bits per heavy atom. The summed E-state index contributed by atoms with van der Waals surface area (Å²) >= 11 is 0. The van der Waals surface area contributed by atoms with Crippen LogP contribution in [0.5, 0.6) is 0 Å². The fraction of sp³-hybridized carbons (Fsp3) is 0.609. The summed E-state index contributed by atoms with van der Waals surface area (Å²) in [5.41, 5.74) is 0. The Hall–Kier alpha value is -5.84. The number of aliphatic hydroxyl groups is 1. The summed E-state index contributed by atoms with van der Waals surface area (Å²) in [4.78, 5) is 73.0. The first-order chi connectivity index (χ1) is 51.7. The third kappa shape index (κ3) is 76.4. The number of hydrogen-bond acceptors (Lipinski definition) is 15. The van der Waals surface area contributed by atoms with E-state index in [0.29, 0.717) is 32.1 Å². The Kier molecular flexibility index (Phi) is 73.1. The molecule has 0 aliphatic carbocycles. The molecule has 600 valence electrons. The van der Waals surface area contributed by atoms with E-state index in [1.807, 2.05) is 18.2 Å². The van der Waals surface area contributed by atoms with E-state index in [1.54, 1.807) is 0 Å². The summed E-state index contributed by atoms with van der Waals surface area (Å²) in [7, 11) is -10.0. The van der Waals surface area contributed by atoms with Crippen LogP contribution in [0.2, 0.25) is 0 Å². The predicted molar refractivity (Wildman–Crippen MR) is 436 cm³/mol. The second-order valence-corrected chi connectivity index (χ2v) is 28.8. The lowest BCUT2D eigenvalue weighted by atomic mass is 10.1. The molecule has 0 fully saturated rings. The third-order valence-corrected chi connectivity index (χ3v) is 17.7. The van der Waals surface area contributed by atoms with Crippen molar-refractivity contribution >= 4 is 39.5 Å². The van der Waals surface area contributed by atoms with Gasteiger partial charge in [0.05, 0.1) is 26.4 Å². The quantitative estimate of drug-likeness (QED) is 0.0169. The smallest absolute Gasteiger partial charge is 0.462 e. The maximum absolute atomic E-state index is 13.1. The molecular weight excluding hydrogens is 1380 g/mol. The number of allylic oxidation sites excluding steroid dienone is 30. The number of rotatable bonds is 73. The van der Waals surface area contributed by atoms with Gasteiger partial charge in [-0.15, -0.1) is 0 Å². The van der Waals surface area contributed by atoms with Gasteiger partial charge in [-0.25, -0.2) is 9.13 Å². The summed E-state index contributed by atoms with van der Waals surface area (Å²) in [6.45, 7) is 4.31. The maximum atomic E-state index is 13.1. The molecule has 5 unspecified atom stereocenters. The monoisotopic (exact) mass is 1520 g/mol. The van der Waals surface area contributed by atoms with Crippen molar-refractivity contribution in [2.45, 2.75) is 303 Å². The summed E-state index contributed by atoms with van der Waals surface area (Å²) in [5, 5.41) is 10.6. The molecule has 106 heavy (non-hydrogen) atoms. The van der Waals surface area contributed by atoms with E-state index in [4.69, 9.17) is 37.0 Å². The van der Waals surface area contributed by atoms with Crippen molar-refractivity contribution < 1.29 is 80.2 Å². The van der Waals surface area contributed by atoms with Gasteiger partial charge in [-0.2, -0.15) is 0 Å². The van der Waals surface area contributed by atoms with Crippen molar-refractivity contribution in [1.82, 2.24) is 0 Å². The zero-order valence-electron chi connectivity index (χ0n) is 65.5. The molecule has 0 bridgehead atoms. The van der Waals surface area contributed by atoms with E-state index in [9.17, 15) is 43.2 Å². The number of carbonyl (C=O) groups is 4. The van der Waals surface area contributed by atoms with Crippen LogP contribution in [0, 0.1) is 0 Å². The SMILES string of the molecule is CC/C=C\C/C=C\C/C=C\C/C=C\C/C=C\C/C=C\CCC(=O)OCC(COP(=O)(O)OCC(O)COP(=O)(O)OCC(COC(=O)CCCCCCCC/C=C\C/C=C\C/C=C\C/C=C\CC)OC(=O)CCCCCCC/C=C\C/C=C\CCC)OC(=O)CCCCCCC/C=C\C/C=C\C/C=C\CC. The second kappa shape index (κ2) is 77.3. The van der Waals surface area contributed by atoms with Crippen LogP contribution < -0.4 is 0 Å². The van der Waals surface area contributed by atoms with Crippen LogP contribution in [0.15, 0.2) is 182 Å². The summed E-state index contributed by atoms with van der Waals surface area (Å²) < 4.78 is 68.5. The third-order valence-electron chi connectivity index (χ3n) is 15.8. The standard InChI is InChI=1S/C87H140O17P2/c1-5-9-13-17-21-25-29-33-36-38-40-42-45-48-51-55-59-63-67-71-84(89)97-77-82(103-86(91)73-69-65-61-57-53-47-32-28-24-20-16-12-8-4)79-101-105(93,94)99-75-81(88)76-100-106(95,96)102-80-83(104-87(92)74-70-66-62-58-54-50-44-35-31-27-23-19-15-11-7-3)78-98-85(90)72-68-64-60-56-52-49-46-43-41-39-37-34-30-26-22-18-14-10-6-2/h9-11,13-16,20-23,25-28,32-37,40-44,49,52,60,64,81-83,88H,5-8,12,17-19,24,29-31,38-39,45-48,50-51,53-59,61-63,65-80H2,1-4H3,(H,93,94)(H,95,96)/b13-9-,14-10-,15-11-,20-16-,25-21-,26-22-,27-23-,32-28-,36-33-,37-34-,42-40-,43-41-,44-35-,52-49-,64-60-. The zero-order chi connectivity index (χ0) is 77.4. The van der Waals surface area contributed by atoms with Crippen LogP contribution in [-0.4, -0.2) is 96.7 Å². The molecule has 5 atom stereocenters. The van der Waals surface area contributed by atoms with Gasteiger partial charge in [-0.05, 0) is 161 Å². The van der Waals surface area contributed by atoms with Gasteiger partial charge in [0.2, 0.25) is 0 Å². The maximum Gasteiger partial charge on any atom is 0.472 e. The predicted octanol–water partition coefficient (Wildman–Crippen LogP) is 23.6. The molecule has 17 nitrogen and oxygen atoms in total.